The van der Waals surface area contributed by atoms with Crippen LogP contribution in [-0.4, -0.2) is 18.5 Å². The maximum atomic E-state index is 12.3. The third kappa shape index (κ3) is 1.36. The monoisotopic (exact) mass is 270 g/mol. The number of fused-ring (bicyclic) bond motifs is 2. The minimum atomic E-state index is -0.483. The quantitative estimate of drug-likeness (QED) is 0.761. The van der Waals surface area contributed by atoms with Gasteiger partial charge in [-0.15, -0.1) is 0 Å². The number of halogens is 2. The van der Waals surface area contributed by atoms with Crippen LogP contribution in [0.2, 0.25) is 10.0 Å². The molecule has 1 amide bonds. The van der Waals surface area contributed by atoms with E-state index in [9.17, 15) is 4.79 Å². The van der Waals surface area contributed by atoms with E-state index in [0.717, 1.165) is 24.2 Å². The third-order valence-electron chi connectivity index (χ3n) is 3.90. The molecule has 1 spiro atoms. The average molecular weight is 271 g/mol. The molecule has 1 aromatic rings. The molecule has 1 aromatic carbocycles. The Hall–Kier alpha value is -0.770. The molecule has 1 fully saturated rings. The second-order valence-electron chi connectivity index (χ2n) is 4.66. The van der Waals surface area contributed by atoms with E-state index in [-0.39, 0.29) is 11.9 Å². The highest BCUT2D eigenvalue weighted by atomic mass is 35.5. The summed E-state index contributed by atoms with van der Waals surface area (Å²) in [6.45, 7) is 2.87. The molecule has 1 saturated heterocycles. The molecule has 0 aliphatic carbocycles. The topological polar surface area (TPSA) is 41.1 Å². The summed E-state index contributed by atoms with van der Waals surface area (Å²) in [4.78, 5) is 12.3. The zero-order valence-corrected chi connectivity index (χ0v) is 10.8. The molecule has 0 saturated carbocycles. The van der Waals surface area contributed by atoms with E-state index in [1.54, 1.807) is 6.07 Å². The standard InChI is InChI=1S/C12H12Cl2N2O/c1-6-12(2-3-15-6)7-4-8(13)9(14)5-10(7)16-11(12)17/h4-6,15H,2-3H2,1H3,(H,16,17). The second kappa shape index (κ2) is 3.61. The number of anilines is 1. The first-order chi connectivity index (χ1) is 8.05. The maximum absolute atomic E-state index is 12.3. The van der Waals surface area contributed by atoms with Crippen LogP contribution in [-0.2, 0) is 10.2 Å². The highest BCUT2D eigenvalue weighted by molar-refractivity contribution is 6.42. The first-order valence-corrected chi connectivity index (χ1v) is 6.35. The fourth-order valence-electron chi connectivity index (χ4n) is 2.93. The van der Waals surface area contributed by atoms with Crippen molar-refractivity contribution in [1.29, 1.82) is 0 Å². The van der Waals surface area contributed by atoms with E-state index in [0.29, 0.717) is 10.0 Å². The van der Waals surface area contributed by atoms with Gasteiger partial charge in [0.15, 0.2) is 0 Å². The summed E-state index contributed by atoms with van der Waals surface area (Å²) in [7, 11) is 0. The van der Waals surface area contributed by atoms with Gasteiger partial charge in [0.05, 0.1) is 15.5 Å². The molecular formula is C12H12Cl2N2O. The second-order valence-corrected chi connectivity index (χ2v) is 5.48. The first kappa shape index (κ1) is 11.3. The zero-order valence-electron chi connectivity index (χ0n) is 9.31. The Kier molecular flexibility index (Phi) is 2.41. The lowest BCUT2D eigenvalue weighted by atomic mass is 9.76. The number of amides is 1. The van der Waals surface area contributed by atoms with E-state index in [2.05, 4.69) is 10.6 Å². The highest BCUT2D eigenvalue weighted by Crippen LogP contribution is 2.47. The summed E-state index contributed by atoms with van der Waals surface area (Å²) in [6, 6.07) is 3.67. The minimum absolute atomic E-state index is 0.0448. The molecular weight excluding hydrogens is 259 g/mol. The van der Waals surface area contributed by atoms with Gasteiger partial charge in [0.1, 0.15) is 0 Å². The Morgan fingerprint density at radius 1 is 1.35 bits per heavy atom. The predicted octanol–water partition coefficient (Wildman–Crippen LogP) is 2.57. The Morgan fingerprint density at radius 2 is 2.06 bits per heavy atom. The molecule has 2 aliphatic rings. The number of carbonyl (C=O) groups excluding carboxylic acids is 1. The van der Waals surface area contributed by atoms with Crippen molar-refractivity contribution < 1.29 is 4.79 Å². The van der Waals surface area contributed by atoms with Gasteiger partial charge in [0.2, 0.25) is 5.91 Å². The Balaban J connectivity index is 2.22. The molecule has 2 N–H and O–H groups in total. The Bertz CT molecular complexity index is 517. The van der Waals surface area contributed by atoms with Crippen molar-refractivity contribution in [2.45, 2.75) is 24.8 Å². The first-order valence-electron chi connectivity index (χ1n) is 5.60. The fraction of sp³-hybridized carbons (Fsp3) is 0.417. The molecule has 17 heavy (non-hydrogen) atoms. The number of benzene rings is 1. The third-order valence-corrected chi connectivity index (χ3v) is 4.63. The molecule has 0 aromatic heterocycles. The highest BCUT2D eigenvalue weighted by Gasteiger charge is 2.53. The largest absolute Gasteiger partial charge is 0.325 e. The van der Waals surface area contributed by atoms with Crippen molar-refractivity contribution in [2.24, 2.45) is 0 Å². The number of rotatable bonds is 0. The predicted molar refractivity (Wildman–Crippen MR) is 68.9 cm³/mol. The van der Waals surface area contributed by atoms with Gasteiger partial charge in [-0.25, -0.2) is 0 Å². The number of carbonyl (C=O) groups is 1. The van der Waals surface area contributed by atoms with E-state index in [1.165, 1.54) is 0 Å². The molecule has 3 rings (SSSR count). The van der Waals surface area contributed by atoms with Gasteiger partial charge < -0.3 is 10.6 Å². The van der Waals surface area contributed by atoms with Gasteiger partial charge in [-0.2, -0.15) is 0 Å². The summed E-state index contributed by atoms with van der Waals surface area (Å²) in [5.74, 6) is 0.0448. The van der Waals surface area contributed by atoms with Crippen LogP contribution >= 0.6 is 23.2 Å². The van der Waals surface area contributed by atoms with Gasteiger partial charge >= 0.3 is 0 Å². The zero-order chi connectivity index (χ0) is 12.2. The lowest BCUT2D eigenvalue weighted by molar-refractivity contribution is -0.121. The van der Waals surface area contributed by atoms with Crippen molar-refractivity contribution >= 4 is 34.8 Å². The van der Waals surface area contributed by atoms with E-state index >= 15 is 0 Å². The van der Waals surface area contributed by atoms with E-state index in [1.807, 2.05) is 13.0 Å². The fourth-order valence-corrected chi connectivity index (χ4v) is 3.26. The van der Waals surface area contributed by atoms with Gasteiger partial charge in [-0.1, -0.05) is 23.2 Å². The summed E-state index contributed by atoms with van der Waals surface area (Å²) in [6.07, 6.45) is 0.797. The van der Waals surface area contributed by atoms with Crippen molar-refractivity contribution in [2.75, 3.05) is 11.9 Å². The lowest BCUT2D eigenvalue weighted by Gasteiger charge is -2.26. The van der Waals surface area contributed by atoms with Gasteiger partial charge in [-0.3, -0.25) is 4.79 Å². The number of nitrogens with one attached hydrogen (secondary N) is 2. The van der Waals surface area contributed by atoms with Gasteiger partial charge in [0, 0.05) is 11.7 Å². The normalized spacial score (nSPS) is 30.8. The molecule has 3 nitrogen and oxygen atoms in total. The number of hydrogen-bond acceptors (Lipinski definition) is 2. The minimum Gasteiger partial charge on any atom is -0.325 e. The van der Waals surface area contributed by atoms with Crippen LogP contribution in [0.4, 0.5) is 5.69 Å². The maximum Gasteiger partial charge on any atom is 0.236 e. The SMILES string of the molecule is CC1NCCC12C(=O)Nc1cc(Cl)c(Cl)cc12. The van der Waals surface area contributed by atoms with Crippen LogP contribution in [0.15, 0.2) is 12.1 Å². The molecule has 0 bridgehead atoms. The molecule has 2 unspecified atom stereocenters. The molecule has 2 heterocycles. The summed E-state index contributed by atoms with van der Waals surface area (Å²) >= 11 is 12.0. The van der Waals surface area contributed by atoms with Gasteiger partial charge in [0.25, 0.3) is 0 Å². The van der Waals surface area contributed by atoms with Crippen molar-refractivity contribution in [3.8, 4) is 0 Å². The molecule has 2 atom stereocenters. The van der Waals surface area contributed by atoms with Crippen LogP contribution < -0.4 is 10.6 Å². The number of hydrogen-bond donors (Lipinski definition) is 2. The summed E-state index contributed by atoms with van der Waals surface area (Å²) < 4.78 is 0. The molecule has 0 radical (unpaired) electrons. The van der Waals surface area contributed by atoms with Crippen molar-refractivity contribution in [3.63, 3.8) is 0 Å². The van der Waals surface area contributed by atoms with Crippen LogP contribution in [0.25, 0.3) is 0 Å². The van der Waals surface area contributed by atoms with Gasteiger partial charge in [-0.05, 0) is 37.6 Å². The molecule has 5 heteroatoms. The Morgan fingerprint density at radius 3 is 2.71 bits per heavy atom. The summed E-state index contributed by atoms with van der Waals surface area (Å²) in [5.41, 5.74) is 1.28. The summed E-state index contributed by atoms with van der Waals surface area (Å²) in [5, 5.41) is 7.20. The van der Waals surface area contributed by atoms with Crippen molar-refractivity contribution in [1.82, 2.24) is 5.32 Å². The molecule has 2 aliphatic heterocycles. The van der Waals surface area contributed by atoms with Crippen LogP contribution in [0.3, 0.4) is 0 Å². The van der Waals surface area contributed by atoms with Crippen LogP contribution in [0.5, 0.6) is 0 Å². The Labute approximate surface area is 109 Å². The molecule has 90 valence electrons. The van der Waals surface area contributed by atoms with Crippen molar-refractivity contribution in [3.05, 3.63) is 27.7 Å². The lowest BCUT2D eigenvalue weighted by Crippen LogP contribution is -2.43. The van der Waals surface area contributed by atoms with Crippen LogP contribution in [0.1, 0.15) is 18.9 Å². The smallest absolute Gasteiger partial charge is 0.236 e. The van der Waals surface area contributed by atoms with E-state index in [4.69, 9.17) is 23.2 Å². The average Bonchev–Trinajstić information content (AvgIpc) is 2.76. The van der Waals surface area contributed by atoms with E-state index < -0.39 is 5.41 Å². The van der Waals surface area contributed by atoms with Crippen LogP contribution in [0, 0.1) is 0 Å².